The van der Waals surface area contributed by atoms with E-state index >= 15 is 0 Å². The van der Waals surface area contributed by atoms with Gasteiger partial charge in [0.2, 0.25) is 0 Å². The molecule has 0 aliphatic heterocycles. The quantitative estimate of drug-likeness (QED) is 0.776. The first-order valence-electron chi connectivity index (χ1n) is 7.13. The third-order valence-electron chi connectivity index (χ3n) is 3.15. The van der Waals surface area contributed by atoms with Gasteiger partial charge in [0.25, 0.3) is 5.91 Å². The Morgan fingerprint density at radius 2 is 2.00 bits per heavy atom. The van der Waals surface area contributed by atoms with Gasteiger partial charge in [-0.2, -0.15) is 0 Å². The molecule has 0 heterocycles. The molecule has 128 valence electrons. The van der Waals surface area contributed by atoms with Crippen LogP contribution in [0.2, 0.25) is 5.02 Å². The maximum absolute atomic E-state index is 13.0. The van der Waals surface area contributed by atoms with E-state index in [4.69, 9.17) is 25.8 Å². The molecule has 2 rings (SSSR count). The van der Waals surface area contributed by atoms with Crippen LogP contribution in [0, 0.1) is 5.82 Å². The summed E-state index contributed by atoms with van der Waals surface area (Å²) in [5.41, 5.74) is 0.336. The molecule has 0 atom stereocenters. The number of carbonyl (C=O) groups excluding carboxylic acids is 1. The molecule has 2 aromatic rings. The van der Waals surface area contributed by atoms with Gasteiger partial charge in [-0.05, 0) is 24.3 Å². The summed E-state index contributed by atoms with van der Waals surface area (Å²) in [4.78, 5) is 12.1. The van der Waals surface area contributed by atoms with E-state index in [0.29, 0.717) is 22.8 Å². The number of ether oxygens (including phenoxy) is 3. The van der Waals surface area contributed by atoms with Crippen molar-refractivity contribution in [1.29, 1.82) is 0 Å². The van der Waals surface area contributed by atoms with Gasteiger partial charge < -0.3 is 19.5 Å². The van der Waals surface area contributed by atoms with Gasteiger partial charge >= 0.3 is 0 Å². The van der Waals surface area contributed by atoms with Crippen molar-refractivity contribution in [2.45, 2.75) is 0 Å². The van der Waals surface area contributed by atoms with E-state index in [0.717, 1.165) is 0 Å². The van der Waals surface area contributed by atoms with Gasteiger partial charge in [-0.15, -0.1) is 0 Å². The minimum Gasteiger partial charge on any atom is -0.493 e. The number of methoxy groups -OCH3 is 2. The molecule has 0 saturated carbocycles. The minimum absolute atomic E-state index is 0.205. The molecular weight excluding hydrogens is 337 g/mol. The van der Waals surface area contributed by atoms with Crippen LogP contribution in [0.25, 0.3) is 0 Å². The Morgan fingerprint density at radius 3 is 2.67 bits per heavy atom. The molecule has 0 fully saturated rings. The summed E-state index contributed by atoms with van der Waals surface area (Å²) in [5, 5.41) is 2.96. The molecule has 0 spiro atoms. The number of amides is 1. The molecule has 0 bridgehead atoms. The maximum atomic E-state index is 13.0. The summed E-state index contributed by atoms with van der Waals surface area (Å²) in [6.45, 7) is 0.456. The number of hydrogen-bond acceptors (Lipinski definition) is 4. The average Bonchev–Trinajstić information content (AvgIpc) is 2.57. The number of rotatable bonds is 7. The second kappa shape index (κ2) is 8.40. The fourth-order valence-corrected chi connectivity index (χ4v) is 2.33. The highest BCUT2D eigenvalue weighted by Crippen LogP contribution is 2.35. The number of halogens is 2. The second-order valence-corrected chi connectivity index (χ2v) is 5.16. The number of nitrogens with one attached hydrogen (secondary N) is 1. The molecular formula is C17H17ClFNO4. The van der Waals surface area contributed by atoms with Gasteiger partial charge in [-0.25, -0.2) is 4.39 Å². The fourth-order valence-electron chi connectivity index (χ4n) is 2.04. The number of hydrogen-bond donors (Lipinski definition) is 1. The monoisotopic (exact) mass is 353 g/mol. The first-order valence-corrected chi connectivity index (χ1v) is 7.51. The molecule has 2 aromatic carbocycles. The Kier molecular flexibility index (Phi) is 6.26. The standard InChI is InChI=1S/C17H17ClFNO4/c1-22-15-9-11(8-14(18)16(15)23-2)17(21)20-6-7-24-13-5-3-4-12(19)10-13/h3-5,8-10H,6-7H2,1-2H3,(H,20,21). The van der Waals surface area contributed by atoms with E-state index in [2.05, 4.69) is 5.32 Å². The van der Waals surface area contributed by atoms with Crippen LogP contribution >= 0.6 is 11.6 Å². The predicted octanol–water partition coefficient (Wildman–Crippen LogP) is 3.31. The van der Waals surface area contributed by atoms with E-state index in [1.54, 1.807) is 12.1 Å². The average molecular weight is 354 g/mol. The molecule has 1 amide bonds. The van der Waals surface area contributed by atoms with Crippen molar-refractivity contribution in [3.05, 3.63) is 52.8 Å². The molecule has 5 nitrogen and oxygen atoms in total. The van der Waals surface area contributed by atoms with Gasteiger partial charge in [0.15, 0.2) is 11.5 Å². The molecule has 1 N–H and O–H groups in total. The summed E-state index contributed by atoms with van der Waals surface area (Å²) >= 11 is 6.07. The van der Waals surface area contributed by atoms with Gasteiger partial charge in [-0.3, -0.25) is 4.79 Å². The third kappa shape index (κ3) is 4.52. The summed E-state index contributed by atoms with van der Waals surface area (Å²) in [5.74, 6) is 0.423. The molecule has 0 saturated heterocycles. The van der Waals surface area contributed by atoms with Gasteiger partial charge in [0.05, 0.1) is 25.8 Å². The normalized spacial score (nSPS) is 10.2. The van der Waals surface area contributed by atoms with E-state index in [1.807, 2.05) is 0 Å². The van der Waals surface area contributed by atoms with Gasteiger partial charge in [0, 0.05) is 11.6 Å². The molecule has 0 aliphatic carbocycles. The second-order valence-electron chi connectivity index (χ2n) is 4.76. The third-order valence-corrected chi connectivity index (χ3v) is 3.43. The summed E-state index contributed by atoms with van der Waals surface area (Å²) in [6, 6.07) is 8.82. The summed E-state index contributed by atoms with van der Waals surface area (Å²) in [6.07, 6.45) is 0. The highest BCUT2D eigenvalue weighted by Gasteiger charge is 2.14. The van der Waals surface area contributed by atoms with E-state index in [1.165, 1.54) is 38.5 Å². The zero-order valence-corrected chi connectivity index (χ0v) is 14.0. The van der Waals surface area contributed by atoms with Gasteiger partial charge in [-0.1, -0.05) is 17.7 Å². The van der Waals surface area contributed by atoms with Crippen LogP contribution in [-0.2, 0) is 0 Å². The lowest BCUT2D eigenvalue weighted by atomic mass is 10.2. The lowest BCUT2D eigenvalue weighted by Gasteiger charge is -2.12. The van der Waals surface area contributed by atoms with E-state index in [9.17, 15) is 9.18 Å². The highest BCUT2D eigenvalue weighted by atomic mass is 35.5. The largest absolute Gasteiger partial charge is 0.493 e. The van der Waals surface area contributed by atoms with Crippen LogP contribution in [0.15, 0.2) is 36.4 Å². The Morgan fingerprint density at radius 1 is 1.21 bits per heavy atom. The molecule has 7 heteroatoms. The van der Waals surface area contributed by atoms with Crippen molar-refractivity contribution in [2.75, 3.05) is 27.4 Å². The lowest BCUT2D eigenvalue weighted by molar-refractivity contribution is 0.0946. The van der Waals surface area contributed by atoms with Gasteiger partial charge in [0.1, 0.15) is 18.2 Å². The van der Waals surface area contributed by atoms with Crippen LogP contribution < -0.4 is 19.5 Å². The van der Waals surface area contributed by atoms with Crippen molar-refractivity contribution in [3.63, 3.8) is 0 Å². The van der Waals surface area contributed by atoms with Crippen molar-refractivity contribution >= 4 is 17.5 Å². The van der Waals surface area contributed by atoms with Crippen LogP contribution in [0.4, 0.5) is 4.39 Å². The topological polar surface area (TPSA) is 56.8 Å². The van der Waals surface area contributed by atoms with Crippen molar-refractivity contribution < 1.29 is 23.4 Å². The summed E-state index contributed by atoms with van der Waals surface area (Å²) < 4.78 is 28.6. The SMILES string of the molecule is COc1cc(C(=O)NCCOc2cccc(F)c2)cc(Cl)c1OC. The molecule has 0 unspecified atom stereocenters. The van der Waals surface area contributed by atoms with Crippen LogP contribution in [0.1, 0.15) is 10.4 Å². The first-order chi connectivity index (χ1) is 11.5. The smallest absolute Gasteiger partial charge is 0.251 e. The predicted molar refractivity (Wildman–Crippen MR) is 88.8 cm³/mol. The number of carbonyl (C=O) groups is 1. The maximum Gasteiger partial charge on any atom is 0.251 e. The van der Waals surface area contributed by atoms with Crippen molar-refractivity contribution in [2.24, 2.45) is 0 Å². The molecule has 0 radical (unpaired) electrons. The van der Waals surface area contributed by atoms with E-state index in [-0.39, 0.29) is 29.9 Å². The molecule has 24 heavy (non-hydrogen) atoms. The zero-order valence-electron chi connectivity index (χ0n) is 13.3. The summed E-state index contributed by atoms with van der Waals surface area (Å²) in [7, 11) is 2.93. The van der Waals surface area contributed by atoms with E-state index < -0.39 is 0 Å². The minimum atomic E-state index is -0.378. The van der Waals surface area contributed by atoms with Crippen molar-refractivity contribution in [3.8, 4) is 17.2 Å². The zero-order chi connectivity index (χ0) is 17.5. The van der Waals surface area contributed by atoms with Crippen LogP contribution in [0.5, 0.6) is 17.2 Å². The number of benzene rings is 2. The van der Waals surface area contributed by atoms with Crippen molar-refractivity contribution in [1.82, 2.24) is 5.32 Å². The Bertz CT molecular complexity index is 724. The Hall–Kier alpha value is -2.47. The Balaban J connectivity index is 1.92. The Labute approximate surface area is 144 Å². The highest BCUT2D eigenvalue weighted by molar-refractivity contribution is 6.32. The lowest BCUT2D eigenvalue weighted by Crippen LogP contribution is -2.28. The van der Waals surface area contributed by atoms with Crippen LogP contribution in [0.3, 0.4) is 0 Å². The first kappa shape index (κ1) is 17.9. The molecule has 0 aromatic heterocycles. The van der Waals surface area contributed by atoms with Crippen LogP contribution in [-0.4, -0.2) is 33.3 Å². The molecule has 0 aliphatic rings. The fraction of sp³-hybridized carbons (Fsp3) is 0.235.